The predicted molar refractivity (Wildman–Crippen MR) is 50.6 cm³/mol. The van der Waals surface area contributed by atoms with Crippen molar-refractivity contribution in [3.8, 4) is 0 Å². The van der Waals surface area contributed by atoms with Gasteiger partial charge in [-0.05, 0) is 30.6 Å². The van der Waals surface area contributed by atoms with Gasteiger partial charge in [-0.3, -0.25) is 0 Å². The van der Waals surface area contributed by atoms with E-state index < -0.39 is 0 Å². The van der Waals surface area contributed by atoms with Crippen LogP contribution >= 0.6 is 0 Å². The van der Waals surface area contributed by atoms with E-state index in [0.29, 0.717) is 5.41 Å². The van der Waals surface area contributed by atoms with Crippen molar-refractivity contribution in [3.05, 3.63) is 12.2 Å². The summed E-state index contributed by atoms with van der Waals surface area (Å²) in [6, 6.07) is 0. The van der Waals surface area contributed by atoms with Crippen molar-refractivity contribution >= 4 is 0 Å². The molecule has 0 saturated carbocycles. The molecule has 0 aliphatic heterocycles. The van der Waals surface area contributed by atoms with Crippen LogP contribution in [0.1, 0.15) is 46.5 Å². The van der Waals surface area contributed by atoms with Crippen LogP contribution in [0.15, 0.2) is 12.2 Å². The first-order valence-electron chi connectivity index (χ1n) is 4.82. The molecule has 0 saturated heterocycles. The number of allylic oxidation sites excluding steroid dienone is 2. The average molecular weight is 152 g/mol. The highest BCUT2D eigenvalue weighted by Gasteiger charge is 2.26. The lowest BCUT2D eigenvalue weighted by Gasteiger charge is -2.34. The molecule has 1 aliphatic rings. The molecule has 0 radical (unpaired) electrons. The molecule has 0 heteroatoms. The summed E-state index contributed by atoms with van der Waals surface area (Å²) in [5.74, 6) is 0.928. The highest BCUT2D eigenvalue weighted by molar-refractivity contribution is 4.94. The minimum atomic E-state index is 0.560. The molecule has 0 bridgehead atoms. The summed E-state index contributed by atoms with van der Waals surface area (Å²) < 4.78 is 0. The Hall–Kier alpha value is -0.260. The molecule has 0 fully saturated rings. The van der Waals surface area contributed by atoms with E-state index in [0.717, 1.165) is 5.92 Å². The standard InChI is InChI=1S/C11H20/c1-4-11(2,3)10-8-6-5-7-9-10/h5-6,10H,4,7-9H2,1-3H3/t10-/m1/s1. The van der Waals surface area contributed by atoms with Gasteiger partial charge in [-0.1, -0.05) is 39.3 Å². The molecule has 1 aliphatic carbocycles. The summed E-state index contributed by atoms with van der Waals surface area (Å²) in [6.45, 7) is 7.10. The highest BCUT2D eigenvalue weighted by atomic mass is 14.3. The van der Waals surface area contributed by atoms with Gasteiger partial charge in [-0.15, -0.1) is 0 Å². The van der Waals surface area contributed by atoms with Gasteiger partial charge >= 0.3 is 0 Å². The molecule has 0 unspecified atom stereocenters. The number of rotatable bonds is 2. The first-order valence-corrected chi connectivity index (χ1v) is 4.82. The lowest BCUT2D eigenvalue weighted by molar-refractivity contribution is 0.189. The molecule has 1 atom stereocenters. The molecule has 64 valence electrons. The first kappa shape index (κ1) is 8.83. The fourth-order valence-corrected chi connectivity index (χ4v) is 1.79. The molecule has 0 spiro atoms. The Bertz CT molecular complexity index is 142. The van der Waals surface area contributed by atoms with E-state index in [1.54, 1.807) is 0 Å². The average Bonchev–Trinajstić information content (AvgIpc) is 2.06. The lowest BCUT2D eigenvalue weighted by atomic mass is 9.71. The predicted octanol–water partition coefficient (Wildman–Crippen LogP) is 3.78. The minimum Gasteiger partial charge on any atom is -0.0885 e. The third-order valence-corrected chi connectivity index (χ3v) is 3.29. The van der Waals surface area contributed by atoms with Gasteiger partial charge in [0.25, 0.3) is 0 Å². The second-order valence-electron chi connectivity index (χ2n) is 4.32. The summed E-state index contributed by atoms with van der Waals surface area (Å²) in [6.07, 6.45) is 9.99. The Morgan fingerprint density at radius 3 is 2.55 bits per heavy atom. The van der Waals surface area contributed by atoms with Gasteiger partial charge in [0, 0.05) is 0 Å². The maximum Gasteiger partial charge on any atom is -0.0317 e. The van der Waals surface area contributed by atoms with Crippen LogP contribution in [0.3, 0.4) is 0 Å². The Labute approximate surface area is 70.7 Å². The number of hydrogen-bond donors (Lipinski definition) is 0. The Morgan fingerprint density at radius 2 is 2.09 bits per heavy atom. The molecular weight excluding hydrogens is 132 g/mol. The second kappa shape index (κ2) is 3.42. The zero-order valence-corrected chi connectivity index (χ0v) is 8.06. The summed E-state index contributed by atoms with van der Waals surface area (Å²) in [4.78, 5) is 0. The Kier molecular flexibility index (Phi) is 2.75. The maximum absolute atomic E-state index is 2.40. The lowest BCUT2D eigenvalue weighted by Crippen LogP contribution is -2.23. The molecule has 0 aromatic rings. The maximum atomic E-state index is 2.40. The number of hydrogen-bond acceptors (Lipinski definition) is 0. The normalized spacial score (nSPS) is 25.5. The molecule has 0 amide bonds. The first-order chi connectivity index (χ1) is 5.17. The molecule has 0 N–H and O–H groups in total. The molecule has 0 nitrogen and oxygen atoms in total. The van der Waals surface area contributed by atoms with E-state index in [9.17, 15) is 0 Å². The largest absolute Gasteiger partial charge is 0.0885 e. The van der Waals surface area contributed by atoms with Crippen molar-refractivity contribution in [3.63, 3.8) is 0 Å². The molecule has 1 rings (SSSR count). The van der Waals surface area contributed by atoms with Crippen LogP contribution in [-0.4, -0.2) is 0 Å². The van der Waals surface area contributed by atoms with Gasteiger partial charge in [-0.2, -0.15) is 0 Å². The second-order valence-corrected chi connectivity index (χ2v) is 4.32. The Balaban J connectivity index is 2.52. The van der Waals surface area contributed by atoms with Gasteiger partial charge in [-0.25, -0.2) is 0 Å². The van der Waals surface area contributed by atoms with E-state index in [1.807, 2.05) is 0 Å². The third-order valence-electron chi connectivity index (χ3n) is 3.29. The molecular formula is C11H20. The van der Waals surface area contributed by atoms with Gasteiger partial charge in [0.15, 0.2) is 0 Å². The zero-order valence-electron chi connectivity index (χ0n) is 8.06. The zero-order chi connectivity index (χ0) is 8.32. The van der Waals surface area contributed by atoms with Crippen LogP contribution in [0.5, 0.6) is 0 Å². The van der Waals surface area contributed by atoms with Crippen LogP contribution in [0, 0.1) is 11.3 Å². The third kappa shape index (κ3) is 2.08. The van der Waals surface area contributed by atoms with Crippen molar-refractivity contribution < 1.29 is 0 Å². The van der Waals surface area contributed by atoms with Crippen LogP contribution in [-0.2, 0) is 0 Å². The smallest absolute Gasteiger partial charge is 0.0317 e. The van der Waals surface area contributed by atoms with E-state index in [1.165, 1.54) is 25.7 Å². The fourth-order valence-electron chi connectivity index (χ4n) is 1.79. The van der Waals surface area contributed by atoms with E-state index in [4.69, 9.17) is 0 Å². The van der Waals surface area contributed by atoms with Crippen molar-refractivity contribution in [1.82, 2.24) is 0 Å². The van der Waals surface area contributed by atoms with Crippen LogP contribution in [0.25, 0.3) is 0 Å². The van der Waals surface area contributed by atoms with Crippen molar-refractivity contribution in [2.45, 2.75) is 46.5 Å². The topological polar surface area (TPSA) is 0 Å². The van der Waals surface area contributed by atoms with Crippen molar-refractivity contribution in [2.75, 3.05) is 0 Å². The molecule has 0 aromatic heterocycles. The fraction of sp³-hybridized carbons (Fsp3) is 0.818. The van der Waals surface area contributed by atoms with E-state index >= 15 is 0 Å². The van der Waals surface area contributed by atoms with Crippen molar-refractivity contribution in [2.24, 2.45) is 11.3 Å². The summed E-state index contributed by atoms with van der Waals surface area (Å²) in [5.41, 5.74) is 0.560. The van der Waals surface area contributed by atoms with Gasteiger partial charge < -0.3 is 0 Å². The van der Waals surface area contributed by atoms with Crippen LogP contribution in [0.2, 0.25) is 0 Å². The molecule has 0 heterocycles. The van der Waals surface area contributed by atoms with Crippen LogP contribution in [0.4, 0.5) is 0 Å². The van der Waals surface area contributed by atoms with Crippen molar-refractivity contribution in [1.29, 1.82) is 0 Å². The van der Waals surface area contributed by atoms with E-state index in [2.05, 4.69) is 32.9 Å². The summed E-state index contributed by atoms with van der Waals surface area (Å²) in [7, 11) is 0. The SMILES string of the molecule is CCC(C)(C)[C@@H]1CC=CCC1. The summed E-state index contributed by atoms with van der Waals surface area (Å²) in [5, 5.41) is 0. The van der Waals surface area contributed by atoms with Gasteiger partial charge in [0.05, 0.1) is 0 Å². The van der Waals surface area contributed by atoms with Gasteiger partial charge in [0.1, 0.15) is 0 Å². The van der Waals surface area contributed by atoms with E-state index in [-0.39, 0.29) is 0 Å². The van der Waals surface area contributed by atoms with Crippen LogP contribution < -0.4 is 0 Å². The van der Waals surface area contributed by atoms with Gasteiger partial charge in [0.2, 0.25) is 0 Å². The monoisotopic (exact) mass is 152 g/mol. The molecule has 0 aromatic carbocycles. The minimum absolute atomic E-state index is 0.560. The Morgan fingerprint density at radius 1 is 1.36 bits per heavy atom. The quantitative estimate of drug-likeness (QED) is 0.528. The highest BCUT2D eigenvalue weighted by Crippen LogP contribution is 2.37. The molecule has 11 heavy (non-hydrogen) atoms. The summed E-state index contributed by atoms with van der Waals surface area (Å²) >= 11 is 0.